The van der Waals surface area contributed by atoms with Crippen LogP contribution < -0.4 is 0 Å². The van der Waals surface area contributed by atoms with Crippen LogP contribution in [0.1, 0.15) is 23.2 Å². The highest BCUT2D eigenvalue weighted by atomic mass is 32.1. The van der Waals surface area contributed by atoms with E-state index in [1.165, 1.54) is 4.90 Å². The van der Waals surface area contributed by atoms with Gasteiger partial charge in [-0.2, -0.15) is 13.2 Å². The molecule has 0 aromatic heterocycles. The molecule has 1 amide bonds. The van der Waals surface area contributed by atoms with Gasteiger partial charge in [0, 0.05) is 23.5 Å². The first-order valence-electron chi connectivity index (χ1n) is 6.03. The molecule has 19 heavy (non-hydrogen) atoms. The molecule has 1 aliphatic rings. The van der Waals surface area contributed by atoms with Crippen LogP contribution in [0.2, 0.25) is 0 Å². The van der Waals surface area contributed by atoms with E-state index < -0.39 is 12.1 Å². The van der Waals surface area contributed by atoms with Gasteiger partial charge in [-0.1, -0.05) is 6.07 Å². The van der Waals surface area contributed by atoms with Gasteiger partial charge in [0.25, 0.3) is 5.91 Å². The van der Waals surface area contributed by atoms with Crippen molar-refractivity contribution >= 4 is 18.5 Å². The number of hydrogen-bond donors (Lipinski definition) is 1. The zero-order chi connectivity index (χ0) is 14.0. The third kappa shape index (κ3) is 3.43. The minimum atomic E-state index is -4.15. The Bertz CT molecular complexity index is 467. The van der Waals surface area contributed by atoms with Crippen molar-refractivity contribution in [2.45, 2.75) is 23.9 Å². The number of alkyl halides is 3. The summed E-state index contributed by atoms with van der Waals surface area (Å²) in [7, 11) is 0. The van der Waals surface area contributed by atoms with E-state index in [4.69, 9.17) is 0 Å². The summed E-state index contributed by atoms with van der Waals surface area (Å²) >= 11 is 4.15. The van der Waals surface area contributed by atoms with Gasteiger partial charge in [-0.05, 0) is 31.0 Å². The molecule has 6 heteroatoms. The second-order valence-corrected chi connectivity index (χ2v) is 5.17. The largest absolute Gasteiger partial charge is 0.391 e. The molecule has 2 nitrogen and oxygen atoms in total. The van der Waals surface area contributed by atoms with Gasteiger partial charge in [0.1, 0.15) is 0 Å². The lowest BCUT2D eigenvalue weighted by atomic mass is 9.96. The molecule has 1 aromatic rings. The van der Waals surface area contributed by atoms with Crippen LogP contribution in [0.3, 0.4) is 0 Å². The fourth-order valence-electron chi connectivity index (χ4n) is 2.23. The second kappa shape index (κ2) is 5.45. The fraction of sp³-hybridized carbons (Fsp3) is 0.462. The lowest BCUT2D eigenvalue weighted by molar-refractivity contribution is -0.183. The number of halogens is 3. The Kier molecular flexibility index (Phi) is 4.08. The molecule has 0 atom stereocenters. The molecule has 0 saturated carbocycles. The maximum atomic E-state index is 12.5. The van der Waals surface area contributed by atoms with Gasteiger partial charge in [0.05, 0.1) is 5.92 Å². The van der Waals surface area contributed by atoms with E-state index in [0.717, 1.165) is 0 Å². The van der Waals surface area contributed by atoms with Crippen LogP contribution in [-0.2, 0) is 0 Å². The Hall–Kier alpha value is -1.17. The number of amides is 1. The normalized spacial score (nSPS) is 17.6. The minimum Gasteiger partial charge on any atom is -0.339 e. The number of carbonyl (C=O) groups is 1. The van der Waals surface area contributed by atoms with Crippen molar-refractivity contribution in [1.82, 2.24) is 4.90 Å². The van der Waals surface area contributed by atoms with Crippen molar-refractivity contribution in [2.75, 3.05) is 13.1 Å². The quantitative estimate of drug-likeness (QED) is 0.786. The number of rotatable bonds is 1. The highest BCUT2D eigenvalue weighted by molar-refractivity contribution is 7.80. The zero-order valence-corrected chi connectivity index (χ0v) is 11.0. The van der Waals surface area contributed by atoms with Crippen LogP contribution >= 0.6 is 12.6 Å². The lowest BCUT2D eigenvalue weighted by Crippen LogP contribution is -2.42. The third-order valence-corrected chi connectivity index (χ3v) is 3.62. The fourth-order valence-corrected chi connectivity index (χ4v) is 2.46. The molecular formula is C13H14F3NOS. The first-order chi connectivity index (χ1) is 8.88. The van der Waals surface area contributed by atoms with Crippen LogP contribution in [-0.4, -0.2) is 30.1 Å². The van der Waals surface area contributed by atoms with Gasteiger partial charge in [0.15, 0.2) is 0 Å². The SMILES string of the molecule is O=C(c1cccc(S)c1)N1CCC(C(F)(F)F)CC1. The Balaban J connectivity index is 2.00. The summed E-state index contributed by atoms with van der Waals surface area (Å²) in [5, 5.41) is 0. The van der Waals surface area contributed by atoms with Crippen LogP contribution in [0.15, 0.2) is 29.2 Å². The van der Waals surface area contributed by atoms with Crippen molar-refractivity contribution in [3.8, 4) is 0 Å². The molecule has 0 spiro atoms. The Labute approximate surface area is 115 Å². The molecule has 1 fully saturated rings. The smallest absolute Gasteiger partial charge is 0.339 e. The monoisotopic (exact) mass is 289 g/mol. The van der Waals surface area contributed by atoms with Gasteiger partial charge in [0.2, 0.25) is 0 Å². The predicted octanol–water partition coefficient (Wildman–Crippen LogP) is 3.39. The van der Waals surface area contributed by atoms with Crippen molar-refractivity contribution in [1.29, 1.82) is 0 Å². The van der Waals surface area contributed by atoms with E-state index >= 15 is 0 Å². The van der Waals surface area contributed by atoms with Gasteiger partial charge in [-0.15, -0.1) is 12.6 Å². The summed E-state index contributed by atoms with van der Waals surface area (Å²) in [6.45, 7) is 0.305. The van der Waals surface area contributed by atoms with Gasteiger partial charge in [-0.25, -0.2) is 0 Å². The molecule has 1 heterocycles. The molecule has 0 N–H and O–H groups in total. The average Bonchev–Trinajstić information content (AvgIpc) is 2.37. The summed E-state index contributed by atoms with van der Waals surface area (Å²) in [6, 6.07) is 6.73. The van der Waals surface area contributed by atoms with Crippen molar-refractivity contribution in [2.24, 2.45) is 5.92 Å². The molecule has 1 aliphatic heterocycles. The van der Waals surface area contributed by atoms with E-state index in [1.54, 1.807) is 24.3 Å². The van der Waals surface area contributed by atoms with Crippen molar-refractivity contribution in [3.63, 3.8) is 0 Å². The summed E-state index contributed by atoms with van der Waals surface area (Å²) in [4.78, 5) is 14.3. The number of hydrogen-bond acceptors (Lipinski definition) is 2. The van der Waals surface area contributed by atoms with Crippen molar-refractivity contribution < 1.29 is 18.0 Å². The first kappa shape index (κ1) is 14.2. The molecule has 1 saturated heterocycles. The number of piperidine rings is 1. The minimum absolute atomic E-state index is 0.0180. The molecular weight excluding hydrogens is 275 g/mol. The number of nitrogens with zero attached hydrogens (tertiary/aromatic N) is 1. The summed E-state index contributed by atoms with van der Waals surface area (Å²) in [5.74, 6) is -1.51. The zero-order valence-electron chi connectivity index (χ0n) is 10.2. The molecule has 0 unspecified atom stereocenters. The summed E-state index contributed by atoms with van der Waals surface area (Å²) < 4.78 is 37.6. The average molecular weight is 289 g/mol. The standard InChI is InChI=1S/C13H14F3NOS/c14-13(15,16)10-4-6-17(7-5-10)12(18)9-2-1-3-11(19)8-9/h1-3,8,10,19H,4-7H2. The topological polar surface area (TPSA) is 20.3 Å². The third-order valence-electron chi connectivity index (χ3n) is 3.34. The Morgan fingerprint density at radius 1 is 1.26 bits per heavy atom. The number of likely N-dealkylation sites (tertiary alicyclic amines) is 1. The van der Waals surface area contributed by atoms with Crippen LogP contribution in [0, 0.1) is 5.92 Å². The first-order valence-corrected chi connectivity index (χ1v) is 6.47. The molecule has 0 bridgehead atoms. The number of carbonyl (C=O) groups excluding carboxylic acids is 1. The van der Waals surface area contributed by atoms with Crippen molar-refractivity contribution in [3.05, 3.63) is 29.8 Å². The van der Waals surface area contributed by atoms with E-state index in [-0.39, 0.29) is 31.8 Å². The van der Waals surface area contributed by atoms with Crippen LogP contribution in [0.25, 0.3) is 0 Å². The van der Waals surface area contributed by atoms with Gasteiger partial charge < -0.3 is 4.90 Å². The highest BCUT2D eigenvalue weighted by Gasteiger charge is 2.41. The maximum Gasteiger partial charge on any atom is 0.391 e. The maximum absolute atomic E-state index is 12.5. The second-order valence-electron chi connectivity index (χ2n) is 4.66. The Morgan fingerprint density at radius 2 is 1.89 bits per heavy atom. The molecule has 0 radical (unpaired) electrons. The van der Waals surface area contributed by atoms with E-state index in [0.29, 0.717) is 10.5 Å². The molecule has 104 valence electrons. The number of benzene rings is 1. The Morgan fingerprint density at radius 3 is 2.42 bits per heavy atom. The number of thiol groups is 1. The van der Waals surface area contributed by atoms with E-state index in [9.17, 15) is 18.0 Å². The summed E-state index contributed by atoms with van der Waals surface area (Å²) in [5.41, 5.74) is 0.470. The van der Waals surface area contributed by atoms with E-state index in [1.807, 2.05) is 0 Å². The molecule has 0 aliphatic carbocycles. The highest BCUT2D eigenvalue weighted by Crippen LogP contribution is 2.34. The van der Waals surface area contributed by atoms with Crippen LogP contribution in [0.5, 0.6) is 0 Å². The molecule has 1 aromatic carbocycles. The van der Waals surface area contributed by atoms with Gasteiger partial charge >= 0.3 is 6.18 Å². The molecule has 2 rings (SSSR count). The lowest BCUT2D eigenvalue weighted by Gasteiger charge is -2.33. The van der Waals surface area contributed by atoms with Crippen LogP contribution in [0.4, 0.5) is 13.2 Å². The van der Waals surface area contributed by atoms with Gasteiger partial charge in [-0.3, -0.25) is 4.79 Å². The summed E-state index contributed by atoms with van der Waals surface area (Å²) in [6.07, 6.45) is -4.19. The predicted molar refractivity (Wildman–Crippen MR) is 68.4 cm³/mol. The van der Waals surface area contributed by atoms with E-state index in [2.05, 4.69) is 12.6 Å².